The molecule has 2 atom stereocenters. The van der Waals surface area contributed by atoms with Crippen LogP contribution < -0.4 is 5.32 Å². The first kappa shape index (κ1) is 14.3. The molecule has 1 amide bonds. The van der Waals surface area contributed by atoms with Crippen LogP contribution in [0.2, 0.25) is 0 Å². The van der Waals surface area contributed by atoms with Crippen LogP contribution in [0.3, 0.4) is 0 Å². The Morgan fingerprint density at radius 2 is 2.00 bits per heavy atom. The van der Waals surface area contributed by atoms with Crippen molar-refractivity contribution in [3.05, 3.63) is 46.6 Å². The Kier molecular flexibility index (Phi) is 3.61. The molecular formula is C16H19NO3S. The first-order chi connectivity index (χ1) is 9.95. The Bertz CT molecular complexity index is 695. The predicted molar refractivity (Wildman–Crippen MR) is 81.8 cm³/mol. The number of allylic oxidation sites excluding steroid dienone is 7. The molecule has 5 heteroatoms. The molecule has 2 aliphatic carbocycles. The third kappa shape index (κ3) is 2.88. The van der Waals surface area contributed by atoms with Crippen LogP contribution >= 0.6 is 0 Å². The van der Waals surface area contributed by atoms with Crippen LogP contribution in [0.15, 0.2) is 46.6 Å². The number of hydrogen-bond acceptors (Lipinski definition) is 3. The van der Waals surface area contributed by atoms with E-state index in [9.17, 15) is 13.2 Å². The van der Waals surface area contributed by atoms with Crippen molar-refractivity contribution in [2.24, 2.45) is 11.8 Å². The zero-order chi connectivity index (χ0) is 15.0. The van der Waals surface area contributed by atoms with Gasteiger partial charge in [-0.3, -0.25) is 4.79 Å². The molecule has 0 aromatic rings. The fourth-order valence-corrected chi connectivity index (χ4v) is 4.90. The van der Waals surface area contributed by atoms with Gasteiger partial charge < -0.3 is 5.32 Å². The second-order valence-electron chi connectivity index (χ2n) is 5.91. The Labute approximate surface area is 125 Å². The summed E-state index contributed by atoms with van der Waals surface area (Å²) < 4.78 is 25.2. The first-order valence-electron chi connectivity index (χ1n) is 7.26. The molecule has 0 saturated carbocycles. The monoisotopic (exact) mass is 305 g/mol. The summed E-state index contributed by atoms with van der Waals surface area (Å²) in [7, 11) is -3.27. The summed E-state index contributed by atoms with van der Waals surface area (Å²) in [5.41, 5.74) is 1.74. The topological polar surface area (TPSA) is 63.2 Å². The van der Waals surface area contributed by atoms with E-state index in [-0.39, 0.29) is 23.5 Å². The van der Waals surface area contributed by atoms with Crippen LogP contribution in [-0.4, -0.2) is 20.1 Å². The zero-order valence-electron chi connectivity index (χ0n) is 12.0. The zero-order valence-corrected chi connectivity index (χ0v) is 12.8. The standard InChI is InChI=1S/C16H19NO3S/c1-11-4-2-3-5-12(11)10-21(19,20)14-6-7-15-13(8-14)9-16(18)17-15/h2-5,8,11-12H,6-7,9-10H2,1H3,(H,17,18). The van der Waals surface area contributed by atoms with Gasteiger partial charge in [-0.05, 0) is 36.3 Å². The maximum atomic E-state index is 12.6. The van der Waals surface area contributed by atoms with Gasteiger partial charge in [0.05, 0.1) is 12.2 Å². The van der Waals surface area contributed by atoms with Crippen molar-refractivity contribution >= 4 is 15.7 Å². The normalized spacial score (nSPS) is 28.4. The van der Waals surface area contributed by atoms with Gasteiger partial charge in [0.25, 0.3) is 0 Å². The molecule has 3 aliphatic rings. The summed E-state index contributed by atoms with van der Waals surface area (Å²) in [4.78, 5) is 11.9. The molecule has 1 N–H and O–H groups in total. The minimum Gasteiger partial charge on any atom is -0.329 e. The summed E-state index contributed by atoms with van der Waals surface area (Å²) >= 11 is 0. The Balaban J connectivity index is 1.80. The van der Waals surface area contributed by atoms with E-state index in [1.807, 2.05) is 31.2 Å². The average Bonchev–Trinajstić information content (AvgIpc) is 2.80. The Morgan fingerprint density at radius 1 is 1.24 bits per heavy atom. The van der Waals surface area contributed by atoms with E-state index in [1.54, 1.807) is 6.08 Å². The van der Waals surface area contributed by atoms with Gasteiger partial charge in [0.2, 0.25) is 5.91 Å². The fraction of sp³-hybridized carbons (Fsp3) is 0.438. The molecule has 0 aromatic carbocycles. The van der Waals surface area contributed by atoms with E-state index in [1.165, 1.54) is 0 Å². The van der Waals surface area contributed by atoms with Gasteiger partial charge in [0.15, 0.2) is 9.84 Å². The van der Waals surface area contributed by atoms with Crippen molar-refractivity contribution in [3.63, 3.8) is 0 Å². The average molecular weight is 305 g/mol. The van der Waals surface area contributed by atoms with E-state index in [0.29, 0.717) is 24.2 Å². The molecule has 1 aliphatic heterocycles. The number of hydrogen-bond donors (Lipinski definition) is 1. The molecule has 4 nitrogen and oxygen atoms in total. The molecule has 0 fully saturated rings. The molecule has 3 rings (SSSR count). The lowest BCUT2D eigenvalue weighted by Crippen LogP contribution is -2.23. The first-order valence-corrected chi connectivity index (χ1v) is 8.91. The lowest BCUT2D eigenvalue weighted by molar-refractivity contribution is -0.118. The number of nitrogens with one attached hydrogen (secondary N) is 1. The van der Waals surface area contributed by atoms with Gasteiger partial charge in [-0.1, -0.05) is 31.2 Å². The van der Waals surface area contributed by atoms with E-state index in [4.69, 9.17) is 0 Å². The SMILES string of the molecule is CC1C=CC=CC1CS(=O)(=O)C1=CC2=C(CC1)NC(=O)C2. The summed E-state index contributed by atoms with van der Waals surface area (Å²) in [5.74, 6) is 0.368. The van der Waals surface area contributed by atoms with Gasteiger partial charge in [-0.2, -0.15) is 0 Å². The molecule has 2 unspecified atom stereocenters. The summed E-state index contributed by atoms with van der Waals surface area (Å²) in [6, 6.07) is 0. The lowest BCUT2D eigenvalue weighted by Gasteiger charge is -2.22. The molecule has 112 valence electrons. The molecule has 0 bridgehead atoms. The van der Waals surface area contributed by atoms with Crippen LogP contribution in [0, 0.1) is 11.8 Å². The highest BCUT2D eigenvalue weighted by atomic mass is 32.2. The van der Waals surface area contributed by atoms with Crippen LogP contribution in [0.5, 0.6) is 0 Å². The number of rotatable bonds is 3. The van der Waals surface area contributed by atoms with Crippen molar-refractivity contribution in [3.8, 4) is 0 Å². The van der Waals surface area contributed by atoms with Crippen LogP contribution in [0.1, 0.15) is 26.2 Å². The molecule has 0 radical (unpaired) electrons. The minimum absolute atomic E-state index is 0.0274. The third-order valence-corrected chi connectivity index (χ3v) is 6.30. The maximum Gasteiger partial charge on any atom is 0.228 e. The van der Waals surface area contributed by atoms with Crippen molar-refractivity contribution in [1.82, 2.24) is 5.32 Å². The summed E-state index contributed by atoms with van der Waals surface area (Å²) in [6.45, 7) is 2.04. The van der Waals surface area contributed by atoms with E-state index < -0.39 is 9.84 Å². The van der Waals surface area contributed by atoms with Crippen LogP contribution in [0.25, 0.3) is 0 Å². The second kappa shape index (κ2) is 5.30. The summed E-state index contributed by atoms with van der Waals surface area (Å²) in [5, 5.41) is 2.80. The quantitative estimate of drug-likeness (QED) is 0.869. The lowest BCUT2D eigenvalue weighted by atomic mass is 9.92. The highest BCUT2D eigenvalue weighted by molar-refractivity contribution is 7.95. The largest absolute Gasteiger partial charge is 0.329 e. The molecule has 0 spiro atoms. The molecule has 0 saturated heterocycles. The number of sulfone groups is 1. The van der Waals surface area contributed by atoms with Gasteiger partial charge in [0.1, 0.15) is 0 Å². The van der Waals surface area contributed by atoms with Gasteiger partial charge in [0, 0.05) is 10.6 Å². The summed E-state index contributed by atoms with van der Waals surface area (Å²) in [6.07, 6.45) is 11.0. The number of carbonyl (C=O) groups is 1. The van der Waals surface area contributed by atoms with Crippen molar-refractivity contribution in [2.75, 3.05) is 5.75 Å². The number of amides is 1. The van der Waals surface area contributed by atoms with E-state index >= 15 is 0 Å². The minimum atomic E-state index is -3.27. The fourth-order valence-electron chi connectivity index (χ4n) is 3.03. The van der Waals surface area contributed by atoms with Crippen LogP contribution in [-0.2, 0) is 14.6 Å². The predicted octanol–water partition coefficient (Wildman–Crippen LogP) is 2.23. The highest BCUT2D eigenvalue weighted by Gasteiger charge is 2.30. The number of carbonyl (C=O) groups excluding carboxylic acids is 1. The van der Waals surface area contributed by atoms with Crippen molar-refractivity contribution in [2.45, 2.75) is 26.2 Å². The third-order valence-electron chi connectivity index (χ3n) is 4.36. The molecule has 0 aromatic heterocycles. The maximum absolute atomic E-state index is 12.6. The van der Waals surface area contributed by atoms with Crippen LogP contribution in [0.4, 0.5) is 0 Å². The van der Waals surface area contributed by atoms with E-state index in [2.05, 4.69) is 5.32 Å². The molecule has 1 heterocycles. The van der Waals surface area contributed by atoms with Crippen molar-refractivity contribution < 1.29 is 13.2 Å². The smallest absolute Gasteiger partial charge is 0.228 e. The van der Waals surface area contributed by atoms with E-state index in [0.717, 1.165) is 11.3 Å². The second-order valence-corrected chi connectivity index (χ2v) is 8.00. The van der Waals surface area contributed by atoms with Gasteiger partial charge in [-0.15, -0.1) is 0 Å². The Hall–Kier alpha value is -1.62. The molecule has 21 heavy (non-hydrogen) atoms. The highest BCUT2D eigenvalue weighted by Crippen LogP contribution is 2.33. The Morgan fingerprint density at radius 3 is 2.76 bits per heavy atom. The van der Waals surface area contributed by atoms with Crippen molar-refractivity contribution in [1.29, 1.82) is 0 Å². The molecular weight excluding hydrogens is 286 g/mol. The van der Waals surface area contributed by atoms with Gasteiger partial charge >= 0.3 is 0 Å². The van der Waals surface area contributed by atoms with Gasteiger partial charge in [-0.25, -0.2) is 8.42 Å².